The van der Waals surface area contributed by atoms with Crippen molar-refractivity contribution in [3.05, 3.63) is 18.2 Å². The molecule has 110 valence electrons. The van der Waals surface area contributed by atoms with Crippen molar-refractivity contribution in [3.8, 4) is 0 Å². The van der Waals surface area contributed by atoms with Crippen molar-refractivity contribution in [2.24, 2.45) is 0 Å². The summed E-state index contributed by atoms with van der Waals surface area (Å²) in [5.41, 5.74) is 7.23. The Kier molecular flexibility index (Phi) is 4.44. The van der Waals surface area contributed by atoms with Gasteiger partial charge in [-0.3, -0.25) is 0 Å². The van der Waals surface area contributed by atoms with Crippen LogP contribution in [-0.4, -0.2) is 34.9 Å². The predicted octanol–water partition coefficient (Wildman–Crippen LogP) is 1.34. The number of hydrogen-bond donors (Lipinski definition) is 1. The zero-order chi connectivity index (χ0) is 14.8. The van der Waals surface area contributed by atoms with Crippen LogP contribution < -0.4 is 5.73 Å². The highest BCUT2D eigenvalue weighted by Crippen LogP contribution is 2.20. The average molecular weight is 316 g/mol. The quantitative estimate of drug-likeness (QED) is 0.807. The normalized spacial score (nSPS) is 13.7. The molecular formula is C12H16N2O4S2. The lowest BCUT2D eigenvalue weighted by atomic mass is 10.3. The fourth-order valence-corrected chi connectivity index (χ4v) is 3.68. The molecule has 0 spiro atoms. The molecular weight excluding hydrogens is 300 g/mol. The number of aromatic nitrogens is 1. The minimum atomic E-state index is -3.03. The van der Waals surface area contributed by atoms with Gasteiger partial charge in [0, 0.05) is 23.3 Å². The number of hydrogen-bond acceptors (Lipinski definition) is 6. The fraction of sp³-hybridized carbons (Fsp3) is 0.417. The van der Waals surface area contributed by atoms with Crippen LogP contribution in [0.4, 0.5) is 5.69 Å². The molecule has 2 N–H and O–H groups in total. The predicted molar refractivity (Wildman–Crippen MR) is 78.6 cm³/mol. The number of fused-ring (bicyclic) bond motifs is 1. The molecule has 1 unspecified atom stereocenters. The Morgan fingerprint density at radius 1 is 1.40 bits per heavy atom. The van der Waals surface area contributed by atoms with Crippen molar-refractivity contribution in [1.82, 2.24) is 4.98 Å². The first-order valence-electron chi connectivity index (χ1n) is 6.16. The summed E-state index contributed by atoms with van der Waals surface area (Å²) in [5.74, 6) is 0.339. The van der Waals surface area contributed by atoms with Crippen LogP contribution in [0.25, 0.3) is 11.1 Å². The van der Waals surface area contributed by atoms with E-state index >= 15 is 0 Å². The van der Waals surface area contributed by atoms with Crippen LogP contribution >= 0.6 is 0 Å². The molecule has 0 saturated heterocycles. The van der Waals surface area contributed by atoms with Gasteiger partial charge in [-0.25, -0.2) is 17.6 Å². The molecule has 0 saturated carbocycles. The molecule has 0 fully saturated rings. The first-order chi connectivity index (χ1) is 9.41. The summed E-state index contributed by atoms with van der Waals surface area (Å²) in [6.07, 6.45) is 0.323. The van der Waals surface area contributed by atoms with Gasteiger partial charge in [0.15, 0.2) is 5.58 Å². The van der Waals surface area contributed by atoms with Crippen molar-refractivity contribution < 1.29 is 17.0 Å². The van der Waals surface area contributed by atoms with E-state index in [0.29, 0.717) is 23.2 Å². The lowest BCUT2D eigenvalue weighted by Gasteiger charge is -1.99. The summed E-state index contributed by atoms with van der Waals surface area (Å²) in [7, 11) is -4.47. The Morgan fingerprint density at radius 2 is 2.15 bits per heavy atom. The van der Waals surface area contributed by atoms with Gasteiger partial charge in [-0.05, 0) is 18.6 Å². The number of sulfone groups is 1. The molecule has 1 aromatic heterocycles. The van der Waals surface area contributed by atoms with Gasteiger partial charge in [-0.15, -0.1) is 0 Å². The highest BCUT2D eigenvalue weighted by Gasteiger charge is 2.14. The van der Waals surface area contributed by atoms with E-state index in [1.807, 2.05) is 0 Å². The average Bonchev–Trinajstić information content (AvgIpc) is 2.81. The molecule has 2 rings (SSSR count). The van der Waals surface area contributed by atoms with E-state index in [1.54, 1.807) is 25.1 Å². The number of benzene rings is 1. The smallest absolute Gasteiger partial charge is 0.287 e. The number of nitrogens with two attached hydrogens (primary N) is 1. The second-order valence-corrected chi connectivity index (χ2v) is 8.27. The van der Waals surface area contributed by atoms with Crippen LogP contribution in [0.1, 0.15) is 13.3 Å². The molecule has 20 heavy (non-hydrogen) atoms. The minimum absolute atomic E-state index is 0.0302. The Bertz CT molecular complexity index is 737. The standard InChI is InChI=1S/C12H16N2O4S2/c1-2-20(16,17)7-3-6-19(15)12-14-10-5-4-9(13)8-11(10)18-12/h4-5,8H,2-3,6-7,13H2,1H3. The first kappa shape index (κ1) is 15.0. The topological polar surface area (TPSA) is 103 Å². The van der Waals surface area contributed by atoms with E-state index in [1.165, 1.54) is 0 Å². The molecule has 0 aliphatic heterocycles. The first-order valence-corrected chi connectivity index (χ1v) is 9.30. The molecule has 2 aromatic rings. The Hall–Kier alpha value is -1.41. The number of rotatable bonds is 6. The molecule has 0 aliphatic carbocycles. The van der Waals surface area contributed by atoms with Gasteiger partial charge in [0.2, 0.25) is 0 Å². The maximum absolute atomic E-state index is 12.0. The molecule has 0 bridgehead atoms. The summed E-state index contributed by atoms with van der Waals surface area (Å²) in [4.78, 5) is 4.12. The van der Waals surface area contributed by atoms with Crippen molar-refractivity contribution in [2.75, 3.05) is 23.0 Å². The van der Waals surface area contributed by atoms with Gasteiger partial charge in [-0.1, -0.05) is 6.92 Å². The van der Waals surface area contributed by atoms with Gasteiger partial charge < -0.3 is 10.2 Å². The second kappa shape index (κ2) is 5.92. The molecule has 6 nitrogen and oxygen atoms in total. The third kappa shape index (κ3) is 3.57. The van der Waals surface area contributed by atoms with E-state index in [0.717, 1.165) is 0 Å². The Labute approximate surface area is 119 Å². The van der Waals surface area contributed by atoms with Crippen molar-refractivity contribution in [2.45, 2.75) is 18.6 Å². The van der Waals surface area contributed by atoms with Crippen LogP contribution in [0.15, 0.2) is 27.8 Å². The van der Waals surface area contributed by atoms with Gasteiger partial charge in [0.25, 0.3) is 5.22 Å². The van der Waals surface area contributed by atoms with Crippen molar-refractivity contribution >= 4 is 37.4 Å². The summed E-state index contributed by atoms with van der Waals surface area (Å²) in [6, 6.07) is 4.99. The molecule has 0 radical (unpaired) electrons. The fourth-order valence-electron chi connectivity index (χ4n) is 1.66. The van der Waals surface area contributed by atoms with Gasteiger partial charge in [-0.2, -0.15) is 0 Å². The van der Waals surface area contributed by atoms with Crippen LogP contribution in [0.2, 0.25) is 0 Å². The second-order valence-electron chi connectivity index (χ2n) is 4.35. The van der Waals surface area contributed by atoms with Gasteiger partial charge >= 0.3 is 0 Å². The van der Waals surface area contributed by atoms with Crippen LogP contribution in [0.5, 0.6) is 0 Å². The van der Waals surface area contributed by atoms with E-state index in [4.69, 9.17) is 10.2 Å². The highest BCUT2D eigenvalue weighted by atomic mass is 32.2. The largest absolute Gasteiger partial charge is 0.430 e. The maximum Gasteiger partial charge on any atom is 0.287 e. The van der Waals surface area contributed by atoms with Crippen molar-refractivity contribution in [1.29, 1.82) is 0 Å². The van der Waals surface area contributed by atoms with E-state index in [2.05, 4.69) is 4.98 Å². The lowest BCUT2D eigenvalue weighted by Crippen LogP contribution is -2.11. The van der Waals surface area contributed by atoms with Crippen molar-refractivity contribution in [3.63, 3.8) is 0 Å². The zero-order valence-corrected chi connectivity index (χ0v) is 12.7. The lowest BCUT2D eigenvalue weighted by molar-refractivity contribution is 0.477. The third-order valence-corrected chi connectivity index (χ3v) is 5.83. The van der Waals surface area contributed by atoms with Crippen LogP contribution in [0, 0.1) is 0 Å². The molecule has 0 amide bonds. The van der Waals surface area contributed by atoms with E-state index in [9.17, 15) is 12.6 Å². The molecule has 0 aliphatic rings. The summed E-state index contributed by atoms with van der Waals surface area (Å²) >= 11 is 0. The Balaban J connectivity index is 2.04. The van der Waals surface area contributed by atoms with Gasteiger partial charge in [0.05, 0.1) is 5.75 Å². The number of nitrogens with zero attached hydrogens (tertiary/aromatic N) is 1. The number of oxazole rings is 1. The zero-order valence-electron chi connectivity index (χ0n) is 11.0. The summed E-state index contributed by atoms with van der Waals surface area (Å²) in [5, 5.41) is 0.111. The van der Waals surface area contributed by atoms with Crippen LogP contribution in [-0.2, 0) is 20.6 Å². The number of nitrogen functional groups attached to an aromatic ring is 1. The highest BCUT2D eigenvalue weighted by molar-refractivity contribution is 7.91. The van der Waals surface area contributed by atoms with Gasteiger partial charge in [0.1, 0.15) is 26.2 Å². The minimum Gasteiger partial charge on any atom is -0.430 e. The Morgan fingerprint density at radius 3 is 2.85 bits per heavy atom. The molecule has 8 heteroatoms. The summed E-state index contributed by atoms with van der Waals surface area (Å²) < 4.78 is 40.1. The monoisotopic (exact) mass is 316 g/mol. The SMILES string of the molecule is CCS(=O)(=O)CCCS(=O)c1nc2ccc(N)cc2o1. The molecule has 1 aromatic carbocycles. The van der Waals surface area contributed by atoms with E-state index < -0.39 is 20.6 Å². The van der Waals surface area contributed by atoms with E-state index in [-0.39, 0.29) is 22.5 Å². The maximum atomic E-state index is 12.0. The van der Waals surface area contributed by atoms with Crippen LogP contribution in [0.3, 0.4) is 0 Å². The third-order valence-electron chi connectivity index (χ3n) is 2.81. The number of anilines is 1. The molecule has 1 heterocycles. The molecule has 1 atom stereocenters. The summed E-state index contributed by atoms with van der Waals surface area (Å²) in [6.45, 7) is 1.59.